The SMILES string of the molecule is COc1cccc(CC(=O)C2C3C=CC4(O3)C(C(=O)CC3CCCCC3C)C(Cc3ccc5c(c3)OCO5)C(=O)C24)c1. The van der Waals surface area contributed by atoms with Crippen molar-refractivity contribution in [1.29, 1.82) is 0 Å². The fraction of sp³-hybridized carbons (Fsp3) is 0.514. The average molecular weight is 571 g/mol. The van der Waals surface area contributed by atoms with Crippen molar-refractivity contribution in [3.05, 3.63) is 65.7 Å². The van der Waals surface area contributed by atoms with E-state index in [-0.39, 0.29) is 30.6 Å². The van der Waals surface area contributed by atoms with E-state index in [1.54, 1.807) is 7.11 Å². The second-order valence-corrected chi connectivity index (χ2v) is 12.9. The standard InChI is InChI=1S/C35H38O7/c1-20-6-3-4-8-23(20)18-27(37)32-25(15-22-10-11-28-30(17-22)41-19-40-28)34(38)33-31(29-12-13-35(32,33)42-29)26(36)16-21-7-5-9-24(14-21)39-2/h5,7,9-14,17,20,23,25,29,31-33H,3-4,6,8,15-16,18-19H2,1-2H3. The molecule has 3 aliphatic heterocycles. The second-order valence-electron chi connectivity index (χ2n) is 12.9. The van der Waals surface area contributed by atoms with Crippen molar-refractivity contribution in [1.82, 2.24) is 0 Å². The van der Waals surface area contributed by atoms with Crippen molar-refractivity contribution in [3.63, 3.8) is 0 Å². The monoisotopic (exact) mass is 570 g/mol. The van der Waals surface area contributed by atoms with E-state index < -0.39 is 35.4 Å². The van der Waals surface area contributed by atoms with E-state index in [2.05, 4.69) is 6.92 Å². The van der Waals surface area contributed by atoms with E-state index in [0.717, 1.165) is 30.4 Å². The zero-order valence-electron chi connectivity index (χ0n) is 24.3. The molecule has 2 aromatic rings. The fourth-order valence-corrected chi connectivity index (χ4v) is 8.45. The van der Waals surface area contributed by atoms with Crippen LogP contribution in [0.4, 0.5) is 0 Å². The number of rotatable bonds is 9. The van der Waals surface area contributed by atoms with Crippen molar-refractivity contribution in [2.45, 2.75) is 63.6 Å². The highest BCUT2D eigenvalue weighted by atomic mass is 16.7. The minimum Gasteiger partial charge on any atom is -0.497 e. The van der Waals surface area contributed by atoms with E-state index in [4.69, 9.17) is 18.9 Å². The third-order valence-corrected chi connectivity index (χ3v) is 10.5. The number of methoxy groups -OCH3 is 1. The van der Waals surface area contributed by atoms with Crippen LogP contribution >= 0.6 is 0 Å². The molecule has 0 aromatic heterocycles. The van der Waals surface area contributed by atoms with Crippen LogP contribution in [0.1, 0.15) is 50.2 Å². The average Bonchev–Trinajstić information content (AvgIpc) is 3.75. The maximum absolute atomic E-state index is 14.5. The normalized spacial score (nSPS) is 34.0. The summed E-state index contributed by atoms with van der Waals surface area (Å²) in [6.07, 6.45) is 8.92. The quantitative estimate of drug-likeness (QED) is 0.377. The van der Waals surface area contributed by atoms with Gasteiger partial charge >= 0.3 is 0 Å². The molecule has 7 nitrogen and oxygen atoms in total. The lowest BCUT2D eigenvalue weighted by atomic mass is 9.69. The van der Waals surface area contributed by atoms with Gasteiger partial charge in [-0.2, -0.15) is 0 Å². The molecule has 5 aliphatic rings. The van der Waals surface area contributed by atoms with Gasteiger partial charge in [0, 0.05) is 18.8 Å². The van der Waals surface area contributed by atoms with Gasteiger partial charge < -0.3 is 18.9 Å². The summed E-state index contributed by atoms with van der Waals surface area (Å²) in [5.74, 6) is 0.380. The highest BCUT2D eigenvalue weighted by Gasteiger charge is 2.72. The second kappa shape index (κ2) is 10.7. The Kier molecular flexibility index (Phi) is 6.96. The van der Waals surface area contributed by atoms with Crippen molar-refractivity contribution in [2.75, 3.05) is 13.9 Å². The number of ketones is 3. The minimum absolute atomic E-state index is 0.0291. The van der Waals surface area contributed by atoms with Gasteiger partial charge in [0.25, 0.3) is 0 Å². The van der Waals surface area contributed by atoms with E-state index in [0.29, 0.717) is 41.9 Å². The number of carbonyl (C=O) groups is 3. The van der Waals surface area contributed by atoms with E-state index >= 15 is 0 Å². The van der Waals surface area contributed by atoms with Crippen LogP contribution in [0.15, 0.2) is 54.6 Å². The number of benzene rings is 2. The molecule has 2 aliphatic carbocycles. The maximum Gasteiger partial charge on any atom is 0.231 e. The Morgan fingerprint density at radius 1 is 1.00 bits per heavy atom. The summed E-state index contributed by atoms with van der Waals surface area (Å²) in [4.78, 5) is 42.7. The van der Waals surface area contributed by atoms with Gasteiger partial charge in [-0.15, -0.1) is 0 Å². The lowest BCUT2D eigenvalue weighted by Gasteiger charge is -2.34. The first-order chi connectivity index (χ1) is 20.4. The third kappa shape index (κ3) is 4.48. The predicted molar refractivity (Wildman–Crippen MR) is 154 cm³/mol. The van der Waals surface area contributed by atoms with Crippen LogP contribution in [-0.4, -0.2) is 43.0 Å². The molecule has 220 valence electrons. The highest BCUT2D eigenvalue weighted by molar-refractivity contribution is 6.02. The third-order valence-electron chi connectivity index (χ3n) is 10.5. The van der Waals surface area contributed by atoms with Gasteiger partial charge in [0.15, 0.2) is 11.5 Å². The molecule has 42 heavy (non-hydrogen) atoms. The van der Waals surface area contributed by atoms with Crippen molar-refractivity contribution in [2.24, 2.45) is 35.5 Å². The molecular formula is C35H38O7. The molecule has 7 heteroatoms. The molecule has 2 saturated carbocycles. The van der Waals surface area contributed by atoms with Crippen LogP contribution in [0, 0.1) is 35.5 Å². The molecule has 8 atom stereocenters. The topological polar surface area (TPSA) is 88.1 Å². The molecule has 2 aromatic carbocycles. The summed E-state index contributed by atoms with van der Waals surface area (Å²) in [5, 5.41) is 0. The first-order valence-electron chi connectivity index (χ1n) is 15.4. The number of fused-ring (bicyclic) bond motifs is 2. The number of carbonyl (C=O) groups excluding carboxylic acids is 3. The van der Waals surface area contributed by atoms with Gasteiger partial charge in [-0.1, -0.05) is 56.5 Å². The first-order valence-corrected chi connectivity index (χ1v) is 15.4. The Morgan fingerprint density at radius 3 is 2.67 bits per heavy atom. The van der Waals surface area contributed by atoms with Gasteiger partial charge in [-0.25, -0.2) is 0 Å². The summed E-state index contributed by atoms with van der Waals surface area (Å²) in [7, 11) is 1.60. The van der Waals surface area contributed by atoms with Crippen molar-refractivity contribution < 1.29 is 33.3 Å². The Balaban J connectivity index is 1.21. The lowest BCUT2D eigenvalue weighted by molar-refractivity contribution is -0.135. The van der Waals surface area contributed by atoms with Gasteiger partial charge in [-0.3, -0.25) is 14.4 Å². The molecule has 0 amide bonds. The van der Waals surface area contributed by atoms with Crippen LogP contribution in [0.2, 0.25) is 0 Å². The van der Waals surface area contributed by atoms with Gasteiger partial charge in [0.05, 0.1) is 31.0 Å². The van der Waals surface area contributed by atoms with E-state index in [1.165, 1.54) is 6.42 Å². The number of hydrogen-bond acceptors (Lipinski definition) is 7. The molecule has 8 unspecified atom stereocenters. The maximum atomic E-state index is 14.5. The summed E-state index contributed by atoms with van der Waals surface area (Å²) >= 11 is 0. The molecule has 7 rings (SSSR count). The number of hydrogen-bond donors (Lipinski definition) is 0. The summed E-state index contributed by atoms with van der Waals surface area (Å²) in [6.45, 7) is 2.41. The van der Waals surface area contributed by atoms with Crippen LogP contribution in [0.3, 0.4) is 0 Å². The largest absolute Gasteiger partial charge is 0.497 e. The smallest absolute Gasteiger partial charge is 0.231 e. The van der Waals surface area contributed by atoms with Crippen LogP contribution in [-0.2, 0) is 32.0 Å². The van der Waals surface area contributed by atoms with E-state index in [9.17, 15) is 14.4 Å². The minimum atomic E-state index is -1.06. The molecule has 0 radical (unpaired) electrons. The molecule has 1 spiro atoms. The van der Waals surface area contributed by atoms with Gasteiger partial charge in [-0.05, 0) is 60.1 Å². The molecule has 0 N–H and O–H groups in total. The van der Waals surface area contributed by atoms with Gasteiger partial charge in [0.2, 0.25) is 6.79 Å². The number of ether oxygens (including phenoxy) is 4. The van der Waals surface area contributed by atoms with Gasteiger partial charge in [0.1, 0.15) is 28.7 Å². The summed E-state index contributed by atoms with van der Waals surface area (Å²) < 4.78 is 23.1. The zero-order valence-corrected chi connectivity index (χ0v) is 24.3. The van der Waals surface area contributed by atoms with Crippen LogP contribution in [0.5, 0.6) is 17.2 Å². The summed E-state index contributed by atoms with van der Waals surface area (Å²) in [5.41, 5.74) is 0.684. The Hall–Kier alpha value is -3.45. The molecular weight excluding hydrogens is 532 g/mol. The number of Topliss-reactive ketones (excluding diaryl/α,β-unsaturated/α-hetero) is 3. The molecule has 3 fully saturated rings. The molecule has 1 saturated heterocycles. The Morgan fingerprint density at radius 2 is 1.83 bits per heavy atom. The fourth-order valence-electron chi connectivity index (χ4n) is 8.45. The van der Waals surface area contributed by atoms with Crippen molar-refractivity contribution >= 4 is 17.3 Å². The predicted octanol–water partition coefficient (Wildman–Crippen LogP) is 5.32. The van der Waals surface area contributed by atoms with Crippen LogP contribution in [0.25, 0.3) is 0 Å². The first kappa shape index (κ1) is 27.4. The van der Waals surface area contributed by atoms with E-state index in [1.807, 2.05) is 54.6 Å². The van der Waals surface area contributed by atoms with Crippen molar-refractivity contribution in [3.8, 4) is 17.2 Å². The molecule has 3 heterocycles. The zero-order chi connectivity index (χ0) is 29.0. The highest BCUT2D eigenvalue weighted by Crippen LogP contribution is 2.60. The summed E-state index contributed by atoms with van der Waals surface area (Å²) in [6, 6.07) is 13.2. The lowest BCUT2D eigenvalue weighted by Crippen LogP contribution is -2.44. The van der Waals surface area contributed by atoms with Crippen LogP contribution < -0.4 is 14.2 Å². The Labute approximate surface area is 246 Å². The molecule has 2 bridgehead atoms. The Bertz CT molecular complexity index is 1440.